The molecule has 0 amide bonds. The van der Waals surface area contributed by atoms with Crippen molar-refractivity contribution in [2.24, 2.45) is 5.92 Å². The number of furan rings is 1. The van der Waals surface area contributed by atoms with Gasteiger partial charge in [-0.2, -0.15) is 0 Å². The number of ether oxygens (including phenoxy) is 1. The summed E-state index contributed by atoms with van der Waals surface area (Å²) in [5.41, 5.74) is 0.152. The number of carboxylic acid groups (broad SMARTS) is 1. The van der Waals surface area contributed by atoms with Gasteiger partial charge in [-0.25, -0.2) is 4.79 Å². The van der Waals surface area contributed by atoms with Gasteiger partial charge < -0.3 is 14.3 Å². The van der Waals surface area contributed by atoms with E-state index in [1.165, 1.54) is 12.3 Å². The zero-order valence-corrected chi connectivity index (χ0v) is 11.0. The van der Waals surface area contributed by atoms with Crippen LogP contribution in [0.15, 0.2) is 16.7 Å². The summed E-state index contributed by atoms with van der Waals surface area (Å²) in [6, 6.07) is 1.42. The molecule has 100 valence electrons. The Kier molecular flexibility index (Phi) is 4.16. The van der Waals surface area contributed by atoms with Crippen LogP contribution >= 0.6 is 0 Å². The van der Waals surface area contributed by atoms with Crippen molar-refractivity contribution in [3.05, 3.63) is 23.7 Å². The Balaban J connectivity index is 2.61. The van der Waals surface area contributed by atoms with Gasteiger partial charge in [0.25, 0.3) is 0 Å². The fourth-order valence-electron chi connectivity index (χ4n) is 1.43. The lowest BCUT2D eigenvalue weighted by Gasteiger charge is -2.22. The molecule has 0 aliphatic carbocycles. The van der Waals surface area contributed by atoms with Gasteiger partial charge in [0, 0.05) is 0 Å². The average molecular weight is 254 g/mol. The van der Waals surface area contributed by atoms with E-state index in [4.69, 9.17) is 14.3 Å². The molecular formula is C13H18O5. The topological polar surface area (TPSA) is 76.7 Å². The number of carboxylic acids is 1. The Hall–Kier alpha value is -1.78. The van der Waals surface area contributed by atoms with E-state index < -0.39 is 11.6 Å². The minimum atomic E-state index is -1.12. The molecule has 5 nitrogen and oxygen atoms in total. The fourth-order valence-corrected chi connectivity index (χ4v) is 1.43. The van der Waals surface area contributed by atoms with E-state index in [2.05, 4.69) is 0 Å². The molecule has 0 aromatic carbocycles. The zero-order valence-electron chi connectivity index (χ0n) is 11.0. The van der Waals surface area contributed by atoms with Crippen LogP contribution in [0.1, 0.15) is 43.8 Å². The maximum absolute atomic E-state index is 11.7. The number of carbonyl (C=O) groups excluding carboxylic acids is 1. The van der Waals surface area contributed by atoms with E-state index in [9.17, 15) is 9.59 Å². The van der Waals surface area contributed by atoms with Gasteiger partial charge in [0.2, 0.25) is 5.76 Å². The van der Waals surface area contributed by atoms with E-state index in [0.717, 1.165) is 0 Å². The molecule has 0 aliphatic rings. The first-order chi connectivity index (χ1) is 8.19. The SMILES string of the molecule is CC(Cc1coc(C(=O)O)c1)C(=O)OC(C)(C)C. The van der Waals surface area contributed by atoms with Crippen molar-refractivity contribution in [2.75, 3.05) is 0 Å². The molecular weight excluding hydrogens is 236 g/mol. The monoisotopic (exact) mass is 254 g/mol. The fraction of sp³-hybridized carbons (Fsp3) is 0.538. The van der Waals surface area contributed by atoms with Gasteiger partial charge in [-0.3, -0.25) is 4.79 Å². The quantitative estimate of drug-likeness (QED) is 0.835. The molecule has 1 aromatic heterocycles. The Morgan fingerprint density at radius 3 is 2.50 bits per heavy atom. The van der Waals surface area contributed by atoms with E-state index in [1.54, 1.807) is 27.7 Å². The lowest BCUT2D eigenvalue weighted by atomic mass is 10.0. The summed E-state index contributed by atoms with van der Waals surface area (Å²) >= 11 is 0. The number of esters is 1. The number of carbonyl (C=O) groups is 2. The molecule has 0 bridgehead atoms. The molecule has 1 N–H and O–H groups in total. The highest BCUT2D eigenvalue weighted by molar-refractivity contribution is 5.84. The maximum Gasteiger partial charge on any atom is 0.371 e. The largest absolute Gasteiger partial charge is 0.475 e. The molecule has 1 aromatic rings. The molecule has 0 saturated carbocycles. The first-order valence-corrected chi connectivity index (χ1v) is 5.72. The summed E-state index contributed by atoms with van der Waals surface area (Å²) in [4.78, 5) is 22.4. The van der Waals surface area contributed by atoms with Crippen LogP contribution in [0.4, 0.5) is 0 Å². The van der Waals surface area contributed by atoms with Crippen LogP contribution in [-0.4, -0.2) is 22.6 Å². The van der Waals surface area contributed by atoms with Crippen LogP contribution in [0.25, 0.3) is 0 Å². The lowest BCUT2D eigenvalue weighted by molar-refractivity contribution is -0.159. The second-order valence-corrected chi connectivity index (χ2v) is 5.26. The number of hydrogen-bond donors (Lipinski definition) is 1. The Morgan fingerprint density at radius 1 is 1.44 bits per heavy atom. The zero-order chi connectivity index (χ0) is 13.9. The molecule has 1 rings (SSSR count). The summed E-state index contributed by atoms with van der Waals surface area (Å²) in [5.74, 6) is -1.89. The van der Waals surface area contributed by atoms with Gasteiger partial charge in [0.05, 0.1) is 12.2 Å². The van der Waals surface area contributed by atoms with Crippen LogP contribution in [-0.2, 0) is 16.0 Å². The van der Waals surface area contributed by atoms with Gasteiger partial charge in [-0.05, 0) is 38.8 Å². The maximum atomic E-state index is 11.7. The van der Waals surface area contributed by atoms with E-state index in [1.807, 2.05) is 0 Å². The van der Waals surface area contributed by atoms with E-state index in [0.29, 0.717) is 12.0 Å². The minimum absolute atomic E-state index is 0.124. The predicted molar refractivity (Wildman–Crippen MR) is 64.4 cm³/mol. The molecule has 0 radical (unpaired) electrons. The van der Waals surface area contributed by atoms with Gasteiger partial charge >= 0.3 is 11.9 Å². The van der Waals surface area contributed by atoms with Crippen LogP contribution in [0, 0.1) is 5.92 Å². The summed E-state index contributed by atoms with van der Waals surface area (Å²) in [6.07, 6.45) is 1.75. The van der Waals surface area contributed by atoms with Gasteiger partial charge in [0.1, 0.15) is 5.60 Å². The Bertz CT molecular complexity index is 438. The number of aromatic carboxylic acids is 1. The van der Waals surface area contributed by atoms with Gasteiger partial charge in [-0.1, -0.05) is 6.92 Å². The third-order valence-electron chi connectivity index (χ3n) is 2.22. The van der Waals surface area contributed by atoms with Gasteiger partial charge in [-0.15, -0.1) is 0 Å². The molecule has 1 heterocycles. The Labute approximate surface area is 106 Å². The molecule has 0 saturated heterocycles. The summed E-state index contributed by atoms with van der Waals surface area (Å²) in [5, 5.41) is 8.71. The molecule has 18 heavy (non-hydrogen) atoms. The molecule has 0 fully saturated rings. The summed E-state index contributed by atoms with van der Waals surface area (Å²) in [6.45, 7) is 7.15. The second kappa shape index (κ2) is 5.25. The second-order valence-electron chi connectivity index (χ2n) is 5.26. The van der Waals surface area contributed by atoms with E-state index >= 15 is 0 Å². The van der Waals surface area contributed by atoms with Crippen LogP contribution in [0.5, 0.6) is 0 Å². The van der Waals surface area contributed by atoms with Crippen LogP contribution < -0.4 is 0 Å². The smallest absolute Gasteiger partial charge is 0.371 e. The van der Waals surface area contributed by atoms with Gasteiger partial charge in [0.15, 0.2) is 0 Å². The molecule has 0 spiro atoms. The number of rotatable bonds is 4. The Morgan fingerprint density at radius 2 is 2.06 bits per heavy atom. The molecule has 1 unspecified atom stereocenters. The van der Waals surface area contributed by atoms with Crippen molar-refractivity contribution in [3.63, 3.8) is 0 Å². The molecule has 5 heteroatoms. The van der Waals surface area contributed by atoms with E-state index in [-0.39, 0.29) is 17.6 Å². The van der Waals surface area contributed by atoms with Crippen molar-refractivity contribution in [1.82, 2.24) is 0 Å². The first-order valence-electron chi connectivity index (χ1n) is 5.72. The predicted octanol–water partition coefficient (Wildman–Crippen LogP) is 2.50. The van der Waals surface area contributed by atoms with Crippen molar-refractivity contribution < 1.29 is 23.8 Å². The molecule has 0 aliphatic heterocycles. The first kappa shape index (κ1) is 14.3. The summed E-state index contributed by atoms with van der Waals surface area (Å²) in [7, 11) is 0. The van der Waals surface area contributed by atoms with Crippen molar-refractivity contribution in [1.29, 1.82) is 0 Å². The average Bonchev–Trinajstić information content (AvgIpc) is 2.63. The molecule has 1 atom stereocenters. The normalized spacial score (nSPS) is 13.1. The highest BCUT2D eigenvalue weighted by atomic mass is 16.6. The van der Waals surface area contributed by atoms with Crippen LogP contribution in [0.2, 0.25) is 0 Å². The third kappa shape index (κ3) is 4.24. The standard InChI is InChI=1S/C13H18O5/c1-8(12(16)18-13(2,3)4)5-9-6-10(11(14)15)17-7-9/h6-8H,5H2,1-4H3,(H,14,15). The number of hydrogen-bond acceptors (Lipinski definition) is 4. The van der Waals surface area contributed by atoms with Crippen molar-refractivity contribution in [3.8, 4) is 0 Å². The minimum Gasteiger partial charge on any atom is -0.475 e. The van der Waals surface area contributed by atoms with Crippen molar-refractivity contribution in [2.45, 2.75) is 39.7 Å². The third-order valence-corrected chi connectivity index (χ3v) is 2.22. The van der Waals surface area contributed by atoms with Crippen molar-refractivity contribution >= 4 is 11.9 Å². The summed E-state index contributed by atoms with van der Waals surface area (Å²) < 4.78 is 10.1. The van der Waals surface area contributed by atoms with Crippen LogP contribution in [0.3, 0.4) is 0 Å². The highest BCUT2D eigenvalue weighted by Gasteiger charge is 2.22. The highest BCUT2D eigenvalue weighted by Crippen LogP contribution is 2.17. The lowest BCUT2D eigenvalue weighted by Crippen LogP contribution is -2.28.